The SMILES string of the molecule is CC(C)C[C@H](Br)c1ccc(-c2ccccc2)cc1. The summed E-state index contributed by atoms with van der Waals surface area (Å²) in [5, 5.41) is 0. The average Bonchev–Trinajstić information content (AvgIpc) is 2.39. The van der Waals surface area contributed by atoms with Gasteiger partial charge in [0.05, 0.1) is 0 Å². The van der Waals surface area contributed by atoms with Crippen LogP contribution in [0.15, 0.2) is 54.6 Å². The molecule has 0 nitrogen and oxygen atoms in total. The summed E-state index contributed by atoms with van der Waals surface area (Å²) < 4.78 is 0. The lowest BCUT2D eigenvalue weighted by Gasteiger charge is -2.13. The van der Waals surface area contributed by atoms with Crippen molar-refractivity contribution in [3.63, 3.8) is 0 Å². The van der Waals surface area contributed by atoms with E-state index in [0.717, 1.165) is 0 Å². The molecule has 0 heterocycles. The van der Waals surface area contributed by atoms with Gasteiger partial charge in [-0.25, -0.2) is 0 Å². The maximum absolute atomic E-state index is 3.77. The van der Waals surface area contributed by atoms with Gasteiger partial charge in [-0.15, -0.1) is 0 Å². The van der Waals surface area contributed by atoms with Crippen LogP contribution in [-0.4, -0.2) is 0 Å². The van der Waals surface area contributed by atoms with Crippen molar-refractivity contribution in [3.8, 4) is 11.1 Å². The van der Waals surface area contributed by atoms with E-state index in [1.807, 2.05) is 0 Å². The van der Waals surface area contributed by atoms with Crippen LogP contribution in [0.5, 0.6) is 0 Å². The van der Waals surface area contributed by atoms with E-state index in [2.05, 4.69) is 84.4 Å². The van der Waals surface area contributed by atoms with Gasteiger partial charge in [0, 0.05) is 4.83 Å². The Morgan fingerprint density at radius 1 is 0.833 bits per heavy atom. The topological polar surface area (TPSA) is 0 Å². The molecule has 0 aliphatic rings. The number of hydrogen-bond acceptors (Lipinski definition) is 0. The van der Waals surface area contributed by atoms with Crippen LogP contribution >= 0.6 is 15.9 Å². The van der Waals surface area contributed by atoms with E-state index in [4.69, 9.17) is 0 Å². The van der Waals surface area contributed by atoms with Crippen molar-refractivity contribution in [2.75, 3.05) is 0 Å². The molecule has 0 aromatic heterocycles. The van der Waals surface area contributed by atoms with Crippen LogP contribution < -0.4 is 0 Å². The molecule has 0 bridgehead atoms. The van der Waals surface area contributed by atoms with E-state index in [1.54, 1.807) is 0 Å². The molecule has 18 heavy (non-hydrogen) atoms. The Balaban J connectivity index is 2.15. The lowest BCUT2D eigenvalue weighted by atomic mass is 9.99. The van der Waals surface area contributed by atoms with Gasteiger partial charge >= 0.3 is 0 Å². The molecule has 0 aliphatic heterocycles. The molecule has 0 amide bonds. The second kappa shape index (κ2) is 6.19. The van der Waals surface area contributed by atoms with Crippen molar-refractivity contribution in [1.82, 2.24) is 0 Å². The fourth-order valence-electron chi connectivity index (χ4n) is 2.06. The van der Waals surface area contributed by atoms with Gasteiger partial charge in [0.2, 0.25) is 0 Å². The molecular weight excluding hydrogens is 284 g/mol. The van der Waals surface area contributed by atoms with Gasteiger partial charge < -0.3 is 0 Å². The first-order chi connectivity index (χ1) is 8.66. The van der Waals surface area contributed by atoms with E-state index in [1.165, 1.54) is 23.1 Å². The summed E-state index contributed by atoms with van der Waals surface area (Å²) in [5.74, 6) is 0.711. The van der Waals surface area contributed by atoms with E-state index >= 15 is 0 Å². The third-order valence-electron chi connectivity index (χ3n) is 3.06. The molecule has 0 radical (unpaired) electrons. The third-order valence-corrected chi connectivity index (χ3v) is 3.96. The van der Waals surface area contributed by atoms with Gasteiger partial charge in [-0.05, 0) is 29.0 Å². The van der Waals surface area contributed by atoms with Gasteiger partial charge in [0.25, 0.3) is 0 Å². The van der Waals surface area contributed by atoms with Crippen LogP contribution in [0, 0.1) is 5.92 Å². The number of alkyl halides is 1. The molecule has 0 aliphatic carbocycles. The molecule has 0 spiro atoms. The molecule has 1 heteroatoms. The molecule has 0 unspecified atom stereocenters. The summed E-state index contributed by atoms with van der Waals surface area (Å²) in [6.45, 7) is 4.51. The molecule has 2 aromatic carbocycles. The summed E-state index contributed by atoms with van der Waals surface area (Å²) in [7, 11) is 0. The number of hydrogen-bond donors (Lipinski definition) is 0. The molecule has 0 fully saturated rings. The van der Waals surface area contributed by atoms with Crippen LogP contribution in [0.4, 0.5) is 0 Å². The van der Waals surface area contributed by atoms with Gasteiger partial charge in [-0.3, -0.25) is 0 Å². The van der Waals surface area contributed by atoms with Crippen molar-refractivity contribution < 1.29 is 0 Å². The van der Waals surface area contributed by atoms with Crippen LogP contribution in [0.3, 0.4) is 0 Å². The highest BCUT2D eigenvalue weighted by Gasteiger charge is 2.09. The van der Waals surface area contributed by atoms with Crippen LogP contribution in [0.2, 0.25) is 0 Å². The van der Waals surface area contributed by atoms with Crippen molar-refractivity contribution in [2.24, 2.45) is 5.92 Å². The third kappa shape index (κ3) is 3.46. The molecule has 2 aromatic rings. The Labute approximate surface area is 118 Å². The molecule has 1 atom stereocenters. The Morgan fingerprint density at radius 2 is 1.39 bits per heavy atom. The summed E-state index contributed by atoms with van der Waals surface area (Å²) in [6, 6.07) is 19.4. The first-order valence-corrected chi connectivity index (χ1v) is 7.38. The molecule has 94 valence electrons. The Morgan fingerprint density at radius 3 is 1.94 bits per heavy atom. The molecule has 2 rings (SSSR count). The average molecular weight is 303 g/mol. The standard InChI is InChI=1S/C17H19Br/c1-13(2)12-17(18)16-10-8-15(9-11-16)14-6-4-3-5-7-14/h3-11,13,17H,12H2,1-2H3/t17-/m0/s1. The second-order valence-electron chi connectivity index (χ2n) is 5.09. The van der Waals surface area contributed by atoms with Crippen molar-refractivity contribution in [1.29, 1.82) is 0 Å². The van der Waals surface area contributed by atoms with E-state index in [-0.39, 0.29) is 0 Å². The Bertz CT molecular complexity index is 471. The fourth-order valence-corrected chi connectivity index (χ4v) is 3.12. The second-order valence-corrected chi connectivity index (χ2v) is 6.19. The highest BCUT2D eigenvalue weighted by molar-refractivity contribution is 9.09. The molecule has 0 N–H and O–H groups in total. The fraction of sp³-hybridized carbons (Fsp3) is 0.294. The summed E-state index contributed by atoms with van der Waals surface area (Å²) in [5.41, 5.74) is 3.92. The largest absolute Gasteiger partial charge is 0.0839 e. The quantitative estimate of drug-likeness (QED) is 0.623. The first kappa shape index (κ1) is 13.4. The zero-order valence-electron chi connectivity index (χ0n) is 10.9. The zero-order valence-corrected chi connectivity index (χ0v) is 12.5. The zero-order chi connectivity index (χ0) is 13.0. The molecule has 0 saturated carbocycles. The van der Waals surface area contributed by atoms with Gasteiger partial charge in [0.15, 0.2) is 0 Å². The first-order valence-electron chi connectivity index (χ1n) is 6.46. The lowest BCUT2D eigenvalue weighted by molar-refractivity contribution is 0.584. The van der Waals surface area contributed by atoms with Crippen LogP contribution in [0.25, 0.3) is 11.1 Å². The van der Waals surface area contributed by atoms with Crippen molar-refractivity contribution >= 4 is 15.9 Å². The smallest absolute Gasteiger partial charge is 0.0397 e. The predicted molar refractivity (Wildman–Crippen MR) is 83.0 cm³/mol. The minimum Gasteiger partial charge on any atom is -0.0839 e. The maximum atomic E-state index is 3.77. The number of benzene rings is 2. The Kier molecular flexibility index (Phi) is 4.60. The van der Waals surface area contributed by atoms with Gasteiger partial charge in [-0.2, -0.15) is 0 Å². The number of rotatable bonds is 4. The minimum absolute atomic E-state index is 0.460. The van der Waals surface area contributed by atoms with E-state index in [9.17, 15) is 0 Å². The van der Waals surface area contributed by atoms with Crippen molar-refractivity contribution in [3.05, 3.63) is 60.2 Å². The molecular formula is C17H19Br. The summed E-state index contributed by atoms with van der Waals surface area (Å²) in [6.07, 6.45) is 1.17. The van der Waals surface area contributed by atoms with Gasteiger partial charge in [-0.1, -0.05) is 84.4 Å². The maximum Gasteiger partial charge on any atom is 0.0397 e. The number of halogens is 1. The van der Waals surface area contributed by atoms with Crippen molar-refractivity contribution in [2.45, 2.75) is 25.1 Å². The lowest BCUT2D eigenvalue weighted by Crippen LogP contribution is -1.95. The highest BCUT2D eigenvalue weighted by Crippen LogP contribution is 2.31. The normalized spacial score (nSPS) is 12.7. The summed E-state index contributed by atoms with van der Waals surface area (Å²) in [4.78, 5) is 0.460. The summed E-state index contributed by atoms with van der Waals surface area (Å²) >= 11 is 3.77. The predicted octanol–water partition coefficient (Wildman–Crippen LogP) is 5.84. The van der Waals surface area contributed by atoms with Crippen LogP contribution in [-0.2, 0) is 0 Å². The minimum atomic E-state index is 0.460. The monoisotopic (exact) mass is 302 g/mol. The van der Waals surface area contributed by atoms with Crippen LogP contribution in [0.1, 0.15) is 30.7 Å². The highest BCUT2D eigenvalue weighted by atomic mass is 79.9. The van der Waals surface area contributed by atoms with Gasteiger partial charge in [0.1, 0.15) is 0 Å². The van der Waals surface area contributed by atoms with E-state index < -0.39 is 0 Å². The molecule has 0 saturated heterocycles. The van der Waals surface area contributed by atoms with E-state index in [0.29, 0.717) is 10.7 Å². The Hall–Kier alpha value is -1.08.